The van der Waals surface area contributed by atoms with Crippen molar-refractivity contribution in [2.45, 2.75) is 45.4 Å². The first-order chi connectivity index (χ1) is 10.3. The fourth-order valence-electron chi connectivity index (χ4n) is 1.75. The zero-order valence-corrected chi connectivity index (χ0v) is 15.1. The van der Waals surface area contributed by atoms with E-state index in [4.69, 9.17) is 0 Å². The van der Waals surface area contributed by atoms with Crippen molar-refractivity contribution in [3.05, 3.63) is 23.3 Å². The third kappa shape index (κ3) is 10.6. The summed E-state index contributed by atoms with van der Waals surface area (Å²) in [5.41, 5.74) is 1.95. The molecule has 0 aliphatic heterocycles. The van der Waals surface area contributed by atoms with Crippen LogP contribution in [0.3, 0.4) is 0 Å². The molecule has 0 aromatic carbocycles. The summed E-state index contributed by atoms with van der Waals surface area (Å²) in [6, 6.07) is 0. The molecule has 23 heavy (non-hydrogen) atoms. The van der Waals surface area contributed by atoms with Crippen molar-refractivity contribution in [1.29, 1.82) is 0 Å². The van der Waals surface area contributed by atoms with Gasteiger partial charge in [0.1, 0.15) is 0 Å². The van der Waals surface area contributed by atoms with Crippen LogP contribution in [-0.4, -0.2) is 17.9 Å². The molecule has 0 rings (SSSR count). The van der Waals surface area contributed by atoms with Crippen LogP contribution in [0, 0.1) is 0 Å². The number of allylic oxidation sites excluding steroid dienone is 3. The van der Waals surface area contributed by atoms with Crippen LogP contribution in [0.25, 0.3) is 0 Å². The fourth-order valence-corrected chi connectivity index (χ4v) is 4.03. The lowest BCUT2D eigenvalue weighted by Gasteiger charge is -2.49. The highest BCUT2D eigenvalue weighted by molar-refractivity contribution is 7.68. The number of hydrogen-bond donors (Lipinski definition) is 1. The van der Waals surface area contributed by atoms with Crippen LogP contribution < -0.4 is 24.9 Å². The Morgan fingerprint density at radius 3 is 2.04 bits per heavy atom. The summed E-state index contributed by atoms with van der Waals surface area (Å²) in [4.78, 5) is 54.7. The molecular weight excluding hydrogens is 344 g/mol. The summed E-state index contributed by atoms with van der Waals surface area (Å²) >= 11 is 0. The van der Waals surface area contributed by atoms with E-state index in [0.29, 0.717) is 6.42 Å². The van der Waals surface area contributed by atoms with Crippen molar-refractivity contribution >= 4 is 21.1 Å². The lowest BCUT2D eigenvalue weighted by molar-refractivity contribution is -0.330. The van der Waals surface area contributed by atoms with Crippen molar-refractivity contribution < 1.29 is 33.5 Å². The number of carbonyl (C=O) groups excluding carboxylic acids is 1. The van der Waals surface area contributed by atoms with E-state index in [1.165, 1.54) is 6.08 Å². The third-order valence-corrected chi connectivity index (χ3v) is 6.57. The Hall–Kier alpha value is -0.750. The SMILES string of the molecule is CC(C)=CCC/C(C)=C/C(=O)NCCC(P(=O)([O-])[O-])P(=O)([O-])[O-]. The van der Waals surface area contributed by atoms with Crippen molar-refractivity contribution in [1.82, 2.24) is 5.32 Å². The van der Waals surface area contributed by atoms with E-state index in [1.54, 1.807) is 6.92 Å². The minimum absolute atomic E-state index is 0.399. The van der Waals surface area contributed by atoms with Gasteiger partial charge in [-0.3, -0.25) is 4.79 Å². The van der Waals surface area contributed by atoms with Crippen LogP contribution in [0.1, 0.15) is 40.0 Å². The summed E-state index contributed by atoms with van der Waals surface area (Å²) in [5, 5.41) is -0.285. The summed E-state index contributed by atoms with van der Waals surface area (Å²) in [6.45, 7) is 5.26. The van der Waals surface area contributed by atoms with E-state index in [9.17, 15) is 33.5 Å². The Balaban J connectivity index is 4.46. The van der Waals surface area contributed by atoms with Gasteiger partial charge < -0.3 is 34.0 Å². The fraction of sp³-hybridized carbons (Fsp3) is 0.615. The highest BCUT2D eigenvalue weighted by Gasteiger charge is 2.17. The zero-order chi connectivity index (χ0) is 18.3. The number of amides is 1. The Morgan fingerprint density at radius 1 is 1.09 bits per heavy atom. The normalized spacial score (nSPS) is 13.1. The maximum absolute atomic E-state index is 11.6. The molecule has 0 unspecified atom stereocenters. The van der Waals surface area contributed by atoms with Gasteiger partial charge in [-0.05, 0) is 40.0 Å². The van der Waals surface area contributed by atoms with Gasteiger partial charge in [0.25, 0.3) is 0 Å². The van der Waals surface area contributed by atoms with E-state index < -0.39 is 39.5 Å². The second kappa shape index (κ2) is 9.52. The topological polar surface area (TPSA) is 155 Å². The van der Waals surface area contributed by atoms with Gasteiger partial charge in [-0.25, -0.2) is 0 Å². The second-order valence-corrected chi connectivity index (χ2v) is 9.26. The number of nitrogens with one attached hydrogen (secondary N) is 1. The van der Waals surface area contributed by atoms with E-state index in [0.717, 1.165) is 17.6 Å². The largest absolute Gasteiger partial charge is 0.810 e. The van der Waals surface area contributed by atoms with Crippen LogP contribution in [0.5, 0.6) is 0 Å². The molecule has 0 atom stereocenters. The monoisotopic (exact) mass is 365 g/mol. The molecule has 0 aromatic heterocycles. The molecule has 0 saturated heterocycles. The van der Waals surface area contributed by atoms with Crippen molar-refractivity contribution in [2.24, 2.45) is 0 Å². The summed E-state index contributed by atoms with van der Waals surface area (Å²) < 4.78 is 21.5. The van der Waals surface area contributed by atoms with Gasteiger partial charge in [-0.2, -0.15) is 0 Å². The summed E-state index contributed by atoms with van der Waals surface area (Å²) in [6.07, 6.45) is 3.99. The minimum atomic E-state index is -5.57. The molecule has 10 heteroatoms. The Labute approximate surface area is 136 Å². The smallest absolute Gasteiger partial charge is 0.243 e. The van der Waals surface area contributed by atoms with E-state index in [1.807, 2.05) is 19.9 Å². The Morgan fingerprint density at radius 2 is 1.61 bits per heavy atom. The molecule has 0 saturated carbocycles. The van der Waals surface area contributed by atoms with Crippen molar-refractivity contribution in [2.75, 3.05) is 6.54 Å². The summed E-state index contributed by atoms with van der Waals surface area (Å²) in [7, 11) is -11.1. The molecular formula is C13H21NO7P2-4. The van der Waals surface area contributed by atoms with Crippen molar-refractivity contribution in [3.8, 4) is 0 Å². The molecule has 0 aliphatic carbocycles. The van der Waals surface area contributed by atoms with Gasteiger partial charge in [0.05, 0.1) is 0 Å². The van der Waals surface area contributed by atoms with Crippen LogP contribution in [0.2, 0.25) is 0 Å². The van der Waals surface area contributed by atoms with Gasteiger partial charge in [0.2, 0.25) is 5.91 Å². The molecule has 0 fully saturated rings. The number of rotatable bonds is 9. The Kier molecular flexibility index (Phi) is 9.21. The molecule has 8 nitrogen and oxygen atoms in total. The van der Waals surface area contributed by atoms with Crippen LogP contribution in [0.4, 0.5) is 0 Å². The first kappa shape index (κ1) is 22.2. The highest BCUT2D eigenvalue weighted by Crippen LogP contribution is 2.51. The lowest BCUT2D eigenvalue weighted by Crippen LogP contribution is -2.36. The molecule has 1 amide bonds. The predicted octanol–water partition coefficient (Wildman–Crippen LogP) is -0.661. The second-order valence-electron chi connectivity index (χ2n) is 5.45. The van der Waals surface area contributed by atoms with Crippen LogP contribution >= 0.6 is 15.2 Å². The lowest BCUT2D eigenvalue weighted by atomic mass is 10.1. The minimum Gasteiger partial charge on any atom is -0.810 e. The van der Waals surface area contributed by atoms with Crippen LogP contribution in [-0.2, 0) is 13.9 Å². The molecule has 0 heterocycles. The number of carbonyl (C=O) groups is 1. The van der Waals surface area contributed by atoms with Crippen molar-refractivity contribution in [3.63, 3.8) is 0 Å². The van der Waals surface area contributed by atoms with Gasteiger partial charge in [-0.15, -0.1) is 0 Å². The third-order valence-electron chi connectivity index (χ3n) is 2.90. The van der Waals surface area contributed by atoms with E-state index >= 15 is 0 Å². The van der Waals surface area contributed by atoms with Gasteiger partial charge in [0.15, 0.2) is 0 Å². The molecule has 1 N–H and O–H groups in total. The molecule has 0 spiro atoms. The molecule has 134 valence electrons. The van der Waals surface area contributed by atoms with Gasteiger partial charge in [-0.1, -0.05) is 32.4 Å². The van der Waals surface area contributed by atoms with E-state index in [2.05, 4.69) is 5.32 Å². The number of hydrogen-bond acceptors (Lipinski definition) is 7. The Bertz CT molecular complexity index is 533. The maximum atomic E-state index is 11.6. The van der Waals surface area contributed by atoms with Gasteiger partial charge in [0, 0.05) is 18.0 Å². The zero-order valence-electron chi connectivity index (χ0n) is 13.3. The average Bonchev–Trinajstić information content (AvgIpc) is 2.30. The maximum Gasteiger partial charge on any atom is 0.243 e. The van der Waals surface area contributed by atoms with Gasteiger partial charge >= 0.3 is 0 Å². The predicted molar refractivity (Wildman–Crippen MR) is 79.0 cm³/mol. The van der Waals surface area contributed by atoms with E-state index in [-0.39, 0.29) is 0 Å². The first-order valence-electron chi connectivity index (χ1n) is 6.96. The highest BCUT2D eigenvalue weighted by atomic mass is 31.2. The molecule has 0 aliphatic rings. The standard InChI is InChI=1S/C13H25NO7P2/c1-10(2)5-4-6-11(3)9-12(15)14-8-7-13(22(16,17)18)23(19,20)21/h5,9,13H,4,6-8H2,1-3H3,(H,14,15)(H2,16,17,18)(H2,19,20,21)/p-4/b11-9+. The average molecular weight is 365 g/mol. The summed E-state index contributed by atoms with van der Waals surface area (Å²) in [5.74, 6) is -0.545. The van der Waals surface area contributed by atoms with Crippen LogP contribution in [0.15, 0.2) is 23.3 Å². The quantitative estimate of drug-likeness (QED) is 0.323. The molecule has 0 radical (unpaired) electrons. The molecule has 0 bridgehead atoms. The molecule has 0 aromatic rings. The first-order valence-corrected chi connectivity index (χ1v) is 10.2.